The van der Waals surface area contributed by atoms with E-state index in [1.165, 1.54) is 14.0 Å². The number of ether oxygens (including phenoxy) is 1. The largest absolute Gasteiger partial charge is 0.427 e. The van der Waals surface area contributed by atoms with E-state index >= 15 is 0 Å². The zero-order valence-corrected chi connectivity index (χ0v) is 19.9. The highest BCUT2D eigenvalue weighted by molar-refractivity contribution is 6.44. The van der Waals surface area contributed by atoms with Gasteiger partial charge in [0.05, 0.1) is 5.56 Å². The van der Waals surface area contributed by atoms with Gasteiger partial charge in [-0.3, -0.25) is 24.8 Å². The molecule has 0 spiro atoms. The van der Waals surface area contributed by atoms with Crippen molar-refractivity contribution in [2.24, 2.45) is 4.99 Å². The summed E-state index contributed by atoms with van der Waals surface area (Å²) in [5, 5.41) is 13.1. The number of carbonyl (C=O) groups excluding carboxylic acids is 3. The average Bonchev–Trinajstić information content (AvgIpc) is 3.36. The molecule has 2 heterocycles. The fourth-order valence-electron chi connectivity index (χ4n) is 4.34. The molecular weight excluding hydrogens is 479 g/mol. The number of amides is 2. The summed E-state index contributed by atoms with van der Waals surface area (Å²) < 4.78 is 47.3. The second kappa shape index (κ2) is 9.25. The zero-order valence-electron chi connectivity index (χ0n) is 19.9. The number of ketones is 1. The van der Waals surface area contributed by atoms with Crippen LogP contribution in [0.1, 0.15) is 58.3 Å². The first-order valence-electron chi connectivity index (χ1n) is 11.2. The predicted octanol–water partition coefficient (Wildman–Crippen LogP) is 3.29. The van der Waals surface area contributed by atoms with Crippen LogP contribution in [0.3, 0.4) is 0 Å². The van der Waals surface area contributed by atoms with Gasteiger partial charge in [0.1, 0.15) is 11.2 Å². The zero-order chi connectivity index (χ0) is 26.4. The minimum absolute atomic E-state index is 0.0655. The van der Waals surface area contributed by atoms with Crippen LogP contribution in [-0.2, 0) is 22.5 Å². The van der Waals surface area contributed by atoms with Crippen molar-refractivity contribution < 1.29 is 32.3 Å². The number of halogens is 3. The molecule has 1 saturated carbocycles. The van der Waals surface area contributed by atoms with Crippen LogP contribution in [0.25, 0.3) is 0 Å². The van der Waals surface area contributed by atoms with Crippen LogP contribution in [0.4, 0.5) is 18.9 Å². The molecular formula is C24H24F3N5O4. The Morgan fingerprint density at radius 2 is 1.81 bits per heavy atom. The molecule has 2 aliphatic rings. The smallest absolute Gasteiger partial charge is 0.293 e. The van der Waals surface area contributed by atoms with Crippen LogP contribution in [0, 0.1) is 29.8 Å². The van der Waals surface area contributed by atoms with Crippen molar-refractivity contribution in [1.29, 1.82) is 5.41 Å². The summed E-state index contributed by atoms with van der Waals surface area (Å²) in [7, 11) is 1.50. The van der Waals surface area contributed by atoms with Gasteiger partial charge in [-0.1, -0.05) is 0 Å². The van der Waals surface area contributed by atoms with Gasteiger partial charge in [-0.05, 0) is 38.2 Å². The molecule has 0 saturated heterocycles. The summed E-state index contributed by atoms with van der Waals surface area (Å²) in [4.78, 5) is 43.0. The first-order valence-corrected chi connectivity index (χ1v) is 11.2. The van der Waals surface area contributed by atoms with Crippen molar-refractivity contribution in [2.45, 2.75) is 51.6 Å². The third-order valence-electron chi connectivity index (χ3n) is 6.40. The molecule has 1 aromatic carbocycles. The fourth-order valence-corrected chi connectivity index (χ4v) is 4.34. The molecule has 2 amide bonds. The number of Topliss-reactive ketones (excluding diaryl/α,β-unsaturated/α-hetero) is 1. The topological polar surface area (TPSA) is 126 Å². The third kappa shape index (κ3) is 4.38. The molecule has 36 heavy (non-hydrogen) atoms. The number of nitrogens with zero attached hydrogens (tertiary/aromatic N) is 2. The summed E-state index contributed by atoms with van der Waals surface area (Å²) in [6, 6.07) is 1.30. The maximum atomic E-state index is 13.6. The molecule has 1 aromatic heterocycles. The Kier molecular flexibility index (Phi) is 6.46. The third-order valence-corrected chi connectivity index (χ3v) is 6.40. The minimum atomic E-state index is -1.66. The lowest BCUT2D eigenvalue weighted by Crippen LogP contribution is -2.47. The summed E-state index contributed by atoms with van der Waals surface area (Å²) >= 11 is 0. The number of fused-ring (bicyclic) bond motifs is 1. The molecule has 0 bridgehead atoms. The standard InChI is InChI=1S/C24H24F3N5O4/c1-11-17(20(33)22(35)31-24(6-7-24)23(28)36-12(2)29-3)16-5-4-8-32(16)19(11)21(34)30-13-9-14(25)18(27)15(26)10-13/h9-10,28H,4-8H2,1-3H3,(H,30,34)(H,31,35)/b28-23?,29-12-. The first kappa shape index (κ1) is 25.1. The summed E-state index contributed by atoms with van der Waals surface area (Å²) in [5.41, 5.74) is -0.520. The van der Waals surface area contributed by atoms with E-state index < -0.39 is 40.6 Å². The SMILES string of the molecule is C/N=C(/C)OC(=N)C1(NC(=O)C(=O)c2c(C)c(C(=O)Nc3cc(F)c(F)c(F)c3)n3c2CCC3)CC1. The van der Waals surface area contributed by atoms with Crippen LogP contribution >= 0.6 is 0 Å². The Morgan fingerprint density at radius 1 is 1.17 bits per heavy atom. The molecule has 0 unspecified atom stereocenters. The van der Waals surface area contributed by atoms with E-state index in [1.807, 2.05) is 0 Å². The van der Waals surface area contributed by atoms with Gasteiger partial charge in [0.2, 0.25) is 5.90 Å². The van der Waals surface area contributed by atoms with Gasteiger partial charge in [-0.15, -0.1) is 0 Å². The van der Waals surface area contributed by atoms with Gasteiger partial charge >= 0.3 is 0 Å². The highest BCUT2D eigenvalue weighted by Crippen LogP contribution is 2.37. The Hall–Kier alpha value is -3.96. The number of aliphatic imine (C=N–C) groups is 1. The van der Waals surface area contributed by atoms with E-state index in [2.05, 4.69) is 15.6 Å². The fraction of sp³-hybridized carbons (Fsp3) is 0.375. The Morgan fingerprint density at radius 3 is 2.39 bits per heavy atom. The first-order chi connectivity index (χ1) is 17.0. The van der Waals surface area contributed by atoms with E-state index in [4.69, 9.17) is 10.1 Å². The molecule has 0 atom stereocenters. The van der Waals surface area contributed by atoms with Crippen molar-refractivity contribution >= 4 is 35.1 Å². The van der Waals surface area contributed by atoms with Crippen LogP contribution in [0.15, 0.2) is 17.1 Å². The number of benzene rings is 1. The summed E-state index contributed by atoms with van der Waals surface area (Å²) in [5.74, 6) is -7.12. The van der Waals surface area contributed by atoms with Gasteiger partial charge in [0.25, 0.3) is 17.6 Å². The Bertz CT molecular complexity index is 1320. The molecule has 12 heteroatoms. The number of rotatable bonds is 6. The van der Waals surface area contributed by atoms with Gasteiger partial charge in [0, 0.05) is 44.0 Å². The molecule has 0 radical (unpaired) electrons. The normalized spacial score (nSPS) is 15.8. The summed E-state index contributed by atoms with van der Waals surface area (Å²) in [6.45, 7) is 3.47. The van der Waals surface area contributed by atoms with Gasteiger partial charge in [-0.25, -0.2) is 13.2 Å². The second-order valence-electron chi connectivity index (χ2n) is 8.80. The number of aromatic nitrogens is 1. The number of anilines is 1. The van der Waals surface area contributed by atoms with Gasteiger partial charge < -0.3 is 19.9 Å². The maximum absolute atomic E-state index is 13.6. The monoisotopic (exact) mass is 503 g/mol. The van der Waals surface area contributed by atoms with Crippen LogP contribution < -0.4 is 10.6 Å². The van der Waals surface area contributed by atoms with Gasteiger partial charge in [0.15, 0.2) is 23.3 Å². The lowest BCUT2D eigenvalue weighted by molar-refractivity contribution is -0.117. The van der Waals surface area contributed by atoms with Crippen molar-refractivity contribution in [1.82, 2.24) is 9.88 Å². The van der Waals surface area contributed by atoms with Crippen molar-refractivity contribution in [3.05, 3.63) is 52.1 Å². The Labute approximate surface area is 204 Å². The highest BCUT2D eigenvalue weighted by atomic mass is 19.2. The molecule has 1 aliphatic carbocycles. The van der Waals surface area contributed by atoms with E-state index in [0.29, 0.717) is 50.1 Å². The highest BCUT2D eigenvalue weighted by Gasteiger charge is 2.51. The van der Waals surface area contributed by atoms with E-state index in [0.717, 1.165) is 0 Å². The quantitative estimate of drug-likeness (QED) is 0.184. The minimum Gasteiger partial charge on any atom is -0.427 e. The average molecular weight is 503 g/mol. The number of nitrogens with one attached hydrogen (secondary N) is 3. The van der Waals surface area contributed by atoms with Crippen LogP contribution in [0.2, 0.25) is 0 Å². The summed E-state index contributed by atoms with van der Waals surface area (Å²) in [6.07, 6.45) is 1.91. The maximum Gasteiger partial charge on any atom is 0.293 e. The van der Waals surface area contributed by atoms with Crippen molar-refractivity contribution in [3.8, 4) is 0 Å². The van der Waals surface area contributed by atoms with Crippen molar-refractivity contribution in [3.63, 3.8) is 0 Å². The van der Waals surface area contributed by atoms with Crippen LogP contribution in [0.5, 0.6) is 0 Å². The number of hydrogen-bond donors (Lipinski definition) is 3. The van der Waals surface area contributed by atoms with E-state index in [-0.39, 0.29) is 34.3 Å². The van der Waals surface area contributed by atoms with E-state index in [1.54, 1.807) is 11.5 Å². The Balaban J connectivity index is 1.59. The number of carbonyl (C=O) groups is 3. The van der Waals surface area contributed by atoms with Gasteiger partial charge in [-0.2, -0.15) is 0 Å². The molecule has 1 fully saturated rings. The van der Waals surface area contributed by atoms with Crippen LogP contribution in [-0.4, -0.2) is 46.5 Å². The molecule has 3 N–H and O–H groups in total. The molecule has 1 aliphatic heterocycles. The molecule has 9 nitrogen and oxygen atoms in total. The number of hydrogen-bond acceptors (Lipinski definition) is 6. The lowest BCUT2D eigenvalue weighted by atomic mass is 10.0. The van der Waals surface area contributed by atoms with E-state index in [9.17, 15) is 27.6 Å². The second-order valence-corrected chi connectivity index (χ2v) is 8.80. The molecule has 2 aromatic rings. The molecule has 190 valence electrons. The molecule has 4 rings (SSSR count). The predicted molar refractivity (Wildman–Crippen MR) is 124 cm³/mol. The lowest BCUT2D eigenvalue weighted by Gasteiger charge is -2.18. The van der Waals surface area contributed by atoms with Crippen molar-refractivity contribution in [2.75, 3.05) is 12.4 Å².